The van der Waals surface area contributed by atoms with Crippen LogP contribution in [0, 0.1) is 13.8 Å². The molecule has 1 N–H and O–H groups in total. The maximum atomic E-state index is 11.9. The van der Waals surface area contributed by atoms with E-state index in [1.54, 1.807) is 0 Å². The van der Waals surface area contributed by atoms with Crippen LogP contribution in [0.15, 0.2) is 16.7 Å². The molecule has 0 spiro atoms. The summed E-state index contributed by atoms with van der Waals surface area (Å²) in [4.78, 5) is 13.9. The van der Waals surface area contributed by atoms with E-state index >= 15 is 0 Å². The SMILES string of the molecule is Cc1cc2onc(CC(=O)NCCN(C)C)c2cc1C. The molecule has 0 saturated carbocycles. The highest BCUT2D eigenvalue weighted by Crippen LogP contribution is 2.22. The number of nitrogens with one attached hydrogen (secondary N) is 1. The average molecular weight is 275 g/mol. The third-order valence-electron chi connectivity index (χ3n) is 3.37. The lowest BCUT2D eigenvalue weighted by Crippen LogP contribution is -2.32. The summed E-state index contributed by atoms with van der Waals surface area (Å²) in [6, 6.07) is 3.99. The van der Waals surface area contributed by atoms with Crippen molar-refractivity contribution in [3.8, 4) is 0 Å². The molecule has 108 valence electrons. The highest BCUT2D eigenvalue weighted by molar-refractivity contribution is 5.87. The molecule has 0 radical (unpaired) electrons. The van der Waals surface area contributed by atoms with Crippen LogP contribution in [0.1, 0.15) is 16.8 Å². The van der Waals surface area contributed by atoms with Crippen molar-refractivity contribution in [1.29, 1.82) is 0 Å². The summed E-state index contributed by atoms with van der Waals surface area (Å²) in [6.45, 7) is 5.54. The predicted octanol–water partition coefficient (Wildman–Crippen LogP) is 1.66. The summed E-state index contributed by atoms with van der Waals surface area (Å²) < 4.78 is 5.29. The van der Waals surface area contributed by atoms with E-state index < -0.39 is 0 Å². The molecule has 0 bridgehead atoms. The molecule has 5 heteroatoms. The number of rotatable bonds is 5. The molecular formula is C15H21N3O2. The number of hydrogen-bond donors (Lipinski definition) is 1. The second-order valence-corrected chi connectivity index (χ2v) is 5.39. The number of likely N-dealkylation sites (N-methyl/N-ethyl adjacent to an activating group) is 1. The molecule has 0 aliphatic rings. The van der Waals surface area contributed by atoms with Gasteiger partial charge in [-0.2, -0.15) is 0 Å². The second-order valence-electron chi connectivity index (χ2n) is 5.39. The molecule has 1 amide bonds. The number of carbonyl (C=O) groups excluding carboxylic acids is 1. The molecule has 2 rings (SSSR count). The number of benzene rings is 1. The zero-order valence-corrected chi connectivity index (χ0v) is 12.5. The van der Waals surface area contributed by atoms with E-state index in [2.05, 4.69) is 10.5 Å². The average Bonchev–Trinajstić information content (AvgIpc) is 2.72. The molecule has 1 aromatic carbocycles. The fourth-order valence-electron chi connectivity index (χ4n) is 2.01. The minimum atomic E-state index is -0.0275. The van der Waals surface area contributed by atoms with Gasteiger partial charge in [-0.3, -0.25) is 4.79 Å². The first-order valence-electron chi connectivity index (χ1n) is 6.74. The Morgan fingerprint density at radius 2 is 2.00 bits per heavy atom. The molecule has 0 atom stereocenters. The topological polar surface area (TPSA) is 58.4 Å². The summed E-state index contributed by atoms with van der Waals surface area (Å²) >= 11 is 0. The number of hydrogen-bond acceptors (Lipinski definition) is 4. The lowest BCUT2D eigenvalue weighted by atomic mass is 10.1. The van der Waals surface area contributed by atoms with Crippen LogP contribution in [0.3, 0.4) is 0 Å². The van der Waals surface area contributed by atoms with Gasteiger partial charge in [0.2, 0.25) is 5.91 Å². The molecule has 0 saturated heterocycles. The molecule has 0 fully saturated rings. The van der Waals surface area contributed by atoms with Crippen molar-refractivity contribution in [2.75, 3.05) is 27.2 Å². The molecule has 20 heavy (non-hydrogen) atoms. The van der Waals surface area contributed by atoms with Crippen molar-refractivity contribution in [1.82, 2.24) is 15.4 Å². The molecular weight excluding hydrogens is 254 g/mol. The lowest BCUT2D eigenvalue weighted by Gasteiger charge is -2.09. The summed E-state index contributed by atoms with van der Waals surface area (Å²) in [5, 5.41) is 7.82. The monoisotopic (exact) mass is 275 g/mol. The fourth-order valence-corrected chi connectivity index (χ4v) is 2.01. The Morgan fingerprint density at radius 3 is 2.70 bits per heavy atom. The Labute approximate surface area is 118 Å². The van der Waals surface area contributed by atoms with E-state index in [0.29, 0.717) is 12.2 Å². The Morgan fingerprint density at radius 1 is 1.30 bits per heavy atom. The van der Waals surface area contributed by atoms with E-state index in [0.717, 1.165) is 23.1 Å². The summed E-state index contributed by atoms with van der Waals surface area (Å²) in [7, 11) is 3.95. The van der Waals surface area contributed by atoms with Crippen molar-refractivity contribution in [3.05, 3.63) is 29.0 Å². The van der Waals surface area contributed by atoms with Gasteiger partial charge < -0.3 is 14.7 Å². The summed E-state index contributed by atoms with van der Waals surface area (Å²) in [6.07, 6.45) is 0.253. The third kappa shape index (κ3) is 3.36. The second kappa shape index (κ2) is 6.05. The van der Waals surface area contributed by atoms with Gasteiger partial charge in [0, 0.05) is 18.5 Å². The molecule has 5 nitrogen and oxygen atoms in total. The van der Waals surface area contributed by atoms with E-state index in [4.69, 9.17) is 4.52 Å². The minimum absolute atomic E-state index is 0.0275. The summed E-state index contributed by atoms with van der Waals surface area (Å²) in [5.74, 6) is -0.0275. The van der Waals surface area contributed by atoms with Gasteiger partial charge in [0.1, 0.15) is 5.69 Å². The molecule has 0 aliphatic heterocycles. The van der Waals surface area contributed by atoms with Crippen LogP contribution < -0.4 is 5.32 Å². The van der Waals surface area contributed by atoms with Gasteiger partial charge in [-0.1, -0.05) is 5.16 Å². The Balaban J connectivity index is 2.06. The predicted molar refractivity (Wildman–Crippen MR) is 78.8 cm³/mol. The number of aryl methyl sites for hydroxylation is 2. The first-order chi connectivity index (χ1) is 9.47. The number of carbonyl (C=O) groups is 1. The first-order valence-corrected chi connectivity index (χ1v) is 6.74. The summed E-state index contributed by atoms with van der Waals surface area (Å²) in [5.41, 5.74) is 3.78. The Bertz CT molecular complexity index is 617. The minimum Gasteiger partial charge on any atom is -0.356 e. The zero-order valence-electron chi connectivity index (χ0n) is 12.5. The highest BCUT2D eigenvalue weighted by atomic mass is 16.5. The van der Waals surface area contributed by atoms with Gasteiger partial charge in [0.15, 0.2) is 5.58 Å². The molecule has 0 aliphatic carbocycles. The van der Waals surface area contributed by atoms with Crippen molar-refractivity contribution >= 4 is 16.9 Å². The fraction of sp³-hybridized carbons (Fsp3) is 0.467. The maximum Gasteiger partial charge on any atom is 0.226 e. The van der Waals surface area contributed by atoms with Gasteiger partial charge >= 0.3 is 0 Å². The van der Waals surface area contributed by atoms with Gasteiger partial charge in [-0.05, 0) is 51.2 Å². The van der Waals surface area contributed by atoms with E-state index in [9.17, 15) is 4.79 Å². The maximum absolute atomic E-state index is 11.9. The number of fused-ring (bicyclic) bond motifs is 1. The smallest absolute Gasteiger partial charge is 0.226 e. The van der Waals surface area contributed by atoms with Gasteiger partial charge in [-0.15, -0.1) is 0 Å². The van der Waals surface area contributed by atoms with Crippen LogP contribution in [0.4, 0.5) is 0 Å². The van der Waals surface area contributed by atoms with E-state index in [1.807, 2.05) is 45.0 Å². The molecule has 1 aromatic heterocycles. The van der Waals surface area contributed by atoms with Gasteiger partial charge in [-0.25, -0.2) is 0 Å². The Hall–Kier alpha value is -1.88. The zero-order chi connectivity index (χ0) is 14.7. The Kier molecular flexibility index (Phi) is 4.39. The van der Waals surface area contributed by atoms with Crippen LogP contribution in [0.2, 0.25) is 0 Å². The van der Waals surface area contributed by atoms with Crippen molar-refractivity contribution < 1.29 is 9.32 Å². The van der Waals surface area contributed by atoms with Crippen molar-refractivity contribution in [2.45, 2.75) is 20.3 Å². The van der Waals surface area contributed by atoms with E-state index in [-0.39, 0.29) is 12.3 Å². The molecule has 2 aromatic rings. The van der Waals surface area contributed by atoms with Crippen molar-refractivity contribution in [3.63, 3.8) is 0 Å². The van der Waals surface area contributed by atoms with Gasteiger partial charge in [0.25, 0.3) is 0 Å². The third-order valence-corrected chi connectivity index (χ3v) is 3.37. The normalized spacial score (nSPS) is 11.2. The van der Waals surface area contributed by atoms with Crippen molar-refractivity contribution in [2.24, 2.45) is 0 Å². The first kappa shape index (κ1) is 14.5. The number of nitrogens with zero attached hydrogens (tertiary/aromatic N) is 2. The van der Waals surface area contributed by atoms with Crippen LogP contribution in [0.5, 0.6) is 0 Å². The quantitative estimate of drug-likeness (QED) is 0.901. The number of amides is 1. The van der Waals surface area contributed by atoms with Crippen LogP contribution >= 0.6 is 0 Å². The van der Waals surface area contributed by atoms with Crippen LogP contribution in [-0.4, -0.2) is 43.1 Å². The van der Waals surface area contributed by atoms with Crippen LogP contribution in [0.25, 0.3) is 11.0 Å². The standard InChI is InChI=1S/C15H21N3O2/c1-10-7-12-13(17-20-14(12)8-11(10)2)9-15(19)16-5-6-18(3)4/h7-8H,5-6,9H2,1-4H3,(H,16,19). The largest absolute Gasteiger partial charge is 0.356 e. The van der Waals surface area contributed by atoms with E-state index in [1.165, 1.54) is 5.56 Å². The highest BCUT2D eigenvalue weighted by Gasteiger charge is 2.13. The molecule has 1 heterocycles. The lowest BCUT2D eigenvalue weighted by molar-refractivity contribution is -0.120. The van der Waals surface area contributed by atoms with Crippen LogP contribution in [-0.2, 0) is 11.2 Å². The molecule has 0 unspecified atom stereocenters. The van der Waals surface area contributed by atoms with Gasteiger partial charge in [0.05, 0.1) is 6.42 Å². The number of aromatic nitrogens is 1.